The van der Waals surface area contributed by atoms with Gasteiger partial charge in [-0.1, -0.05) is 52.3 Å². The Labute approximate surface area is 175 Å². The molecule has 3 rings (SSSR count). The number of anilines is 1. The van der Waals surface area contributed by atoms with Gasteiger partial charge in [0.25, 0.3) is 5.91 Å². The molecular weight excluding hydrogens is 442 g/mol. The Kier molecular flexibility index (Phi) is 6.84. The van der Waals surface area contributed by atoms with Crippen LogP contribution in [0.5, 0.6) is 5.75 Å². The second kappa shape index (κ2) is 9.52. The summed E-state index contributed by atoms with van der Waals surface area (Å²) in [5.41, 5.74) is 1.97. The lowest BCUT2D eigenvalue weighted by Crippen LogP contribution is -2.21. The number of carbonyl (C=O) groups is 2. The number of esters is 1. The summed E-state index contributed by atoms with van der Waals surface area (Å²) in [6, 6.07) is 16.7. The third-order valence-electron chi connectivity index (χ3n) is 3.77. The van der Waals surface area contributed by atoms with Gasteiger partial charge >= 0.3 is 5.97 Å². The van der Waals surface area contributed by atoms with Gasteiger partial charge in [-0.2, -0.15) is 0 Å². The molecule has 0 unspecified atom stereocenters. The van der Waals surface area contributed by atoms with Crippen molar-refractivity contribution in [2.24, 2.45) is 0 Å². The fourth-order valence-electron chi connectivity index (χ4n) is 2.55. The van der Waals surface area contributed by atoms with Crippen molar-refractivity contribution in [1.29, 1.82) is 0 Å². The summed E-state index contributed by atoms with van der Waals surface area (Å²) in [5.74, 6) is -0.246. The summed E-state index contributed by atoms with van der Waals surface area (Å²) < 4.78 is 11.6. The number of carbonyl (C=O) groups excluding carboxylic acids is 2. The molecule has 7 heteroatoms. The molecule has 0 fully saturated rings. The van der Waals surface area contributed by atoms with E-state index in [1.165, 1.54) is 11.3 Å². The molecule has 0 radical (unpaired) electrons. The molecule has 144 valence electrons. The average Bonchev–Trinajstić information content (AvgIpc) is 3.11. The van der Waals surface area contributed by atoms with Crippen LogP contribution in [0, 0.1) is 0 Å². The zero-order valence-corrected chi connectivity index (χ0v) is 17.5. The maximum atomic E-state index is 12.5. The van der Waals surface area contributed by atoms with E-state index in [-0.39, 0.29) is 19.1 Å². The molecule has 0 saturated carbocycles. The highest BCUT2D eigenvalue weighted by Crippen LogP contribution is 2.36. The van der Waals surface area contributed by atoms with Crippen LogP contribution < -0.4 is 10.1 Å². The molecule has 3 aromatic rings. The van der Waals surface area contributed by atoms with Gasteiger partial charge in [-0.05, 0) is 30.7 Å². The van der Waals surface area contributed by atoms with Gasteiger partial charge in [-0.3, -0.25) is 4.79 Å². The molecule has 1 N–H and O–H groups in total. The Morgan fingerprint density at radius 1 is 1.11 bits per heavy atom. The number of hydrogen-bond donors (Lipinski definition) is 1. The van der Waals surface area contributed by atoms with Crippen molar-refractivity contribution in [3.8, 4) is 16.9 Å². The van der Waals surface area contributed by atoms with Gasteiger partial charge in [0.1, 0.15) is 16.3 Å². The van der Waals surface area contributed by atoms with Gasteiger partial charge in [0, 0.05) is 15.4 Å². The maximum Gasteiger partial charge on any atom is 0.341 e. The molecule has 0 spiro atoms. The molecule has 2 aromatic carbocycles. The number of thiophene rings is 1. The highest BCUT2D eigenvalue weighted by molar-refractivity contribution is 9.10. The van der Waals surface area contributed by atoms with E-state index in [4.69, 9.17) is 9.47 Å². The van der Waals surface area contributed by atoms with Crippen molar-refractivity contribution < 1.29 is 19.1 Å². The van der Waals surface area contributed by atoms with Crippen LogP contribution >= 0.6 is 27.3 Å². The van der Waals surface area contributed by atoms with Crippen LogP contribution in [0.3, 0.4) is 0 Å². The zero-order chi connectivity index (χ0) is 19.9. The second-order valence-corrected chi connectivity index (χ2v) is 7.53. The predicted molar refractivity (Wildman–Crippen MR) is 114 cm³/mol. The van der Waals surface area contributed by atoms with Crippen molar-refractivity contribution >= 4 is 44.1 Å². The number of nitrogens with one attached hydrogen (secondary N) is 1. The molecule has 0 aliphatic carbocycles. The van der Waals surface area contributed by atoms with E-state index < -0.39 is 5.97 Å². The van der Waals surface area contributed by atoms with E-state index in [1.54, 1.807) is 19.1 Å². The Bertz CT molecular complexity index is 972. The normalized spacial score (nSPS) is 10.4. The van der Waals surface area contributed by atoms with Gasteiger partial charge in [0.2, 0.25) is 0 Å². The second-order valence-electron chi connectivity index (χ2n) is 5.73. The Hall–Kier alpha value is -2.64. The molecule has 0 aliphatic heterocycles. The standard InChI is InChI=1S/C21H18BrNO4S/c1-2-26-21(25)19-17(14-7-4-3-5-8-14)13-28-20(19)23-18(24)12-27-16-10-6-9-15(22)11-16/h3-11,13H,2,12H2,1H3,(H,23,24). The Morgan fingerprint density at radius 3 is 2.61 bits per heavy atom. The van der Waals surface area contributed by atoms with Crippen LogP contribution in [0.25, 0.3) is 11.1 Å². The fourth-order valence-corrected chi connectivity index (χ4v) is 3.91. The molecule has 5 nitrogen and oxygen atoms in total. The number of amides is 1. The van der Waals surface area contributed by atoms with Crippen molar-refractivity contribution in [3.63, 3.8) is 0 Å². The highest BCUT2D eigenvalue weighted by Gasteiger charge is 2.22. The van der Waals surface area contributed by atoms with Crippen molar-refractivity contribution in [2.75, 3.05) is 18.5 Å². The molecule has 0 aliphatic rings. The minimum Gasteiger partial charge on any atom is -0.484 e. The smallest absolute Gasteiger partial charge is 0.341 e. The molecule has 0 saturated heterocycles. The maximum absolute atomic E-state index is 12.5. The molecular formula is C21H18BrNO4S. The highest BCUT2D eigenvalue weighted by atomic mass is 79.9. The van der Waals surface area contributed by atoms with Gasteiger partial charge in [0.05, 0.1) is 6.61 Å². The summed E-state index contributed by atoms with van der Waals surface area (Å²) in [4.78, 5) is 24.9. The molecule has 1 amide bonds. The van der Waals surface area contributed by atoms with Crippen LogP contribution in [0.4, 0.5) is 5.00 Å². The minimum atomic E-state index is -0.467. The lowest BCUT2D eigenvalue weighted by Gasteiger charge is -2.10. The number of rotatable bonds is 7. The van der Waals surface area contributed by atoms with E-state index in [1.807, 2.05) is 47.8 Å². The Balaban J connectivity index is 1.78. The average molecular weight is 460 g/mol. The van der Waals surface area contributed by atoms with Gasteiger partial charge in [-0.25, -0.2) is 4.79 Å². The van der Waals surface area contributed by atoms with E-state index in [9.17, 15) is 9.59 Å². The van der Waals surface area contributed by atoms with Crippen molar-refractivity contribution in [3.05, 3.63) is 70.0 Å². The van der Waals surface area contributed by atoms with Crippen LogP contribution in [0.2, 0.25) is 0 Å². The fraction of sp³-hybridized carbons (Fsp3) is 0.143. The topological polar surface area (TPSA) is 64.6 Å². The first kappa shape index (κ1) is 20.1. The lowest BCUT2D eigenvalue weighted by molar-refractivity contribution is -0.118. The summed E-state index contributed by atoms with van der Waals surface area (Å²) >= 11 is 4.64. The first-order valence-corrected chi connectivity index (χ1v) is 10.3. The van der Waals surface area contributed by atoms with Crippen LogP contribution in [-0.4, -0.2) is 25.1 Å². The predicted octanol–water partition coefficient (Wildman–Crippen LogP) is 5.37. The summed E-state index contributed by atoms with van der Waals surface area (Å²) in [6.07, 6.45) is 0. The molecule has 0 atom stereocenters. The summed E-state index contributed by atoms with van der Waals surface area (Å²) in [6.45, 7) is 1.83. The van der Waals surface area contributed by atoms with Crippen LogP contribution in [0.1, 0.15) is 17.3 Å². The van der Waals surface area contributed by atoms with E-state index in [2.05, 4.69) is 21.2 Å². The zero-order valence-electron chi connectivity index (χ0n) is 15.1. The summed E-state index contributed by atoms with van der Waals surface area (Å²) in [7, 11) is 0. The number of hydrogen-bond acceptors (Lipinski definition) is 5. The Morgan fingerprint density at radius 2 is 1.89 bits per heavy atom. The number of benzene rings is 2. The molecule has 28 heavy (non-hydrogen) atoms. The summed E-state index contributed by atoms with van der Waals surface area (Å²) in [5, 5.41) is 5.05. The van der Waals surface area contributed by atoms with Crippen molar-refractivity contribution in [1.82, 2.24) is 0 Å². The largest absolute Gasteiger partial charge is 0.484 e. The molecule has 0 bridgehead atoms. The van der Waals surface area contributed by atoms with Gasteiger partial charge in [0.15, 0.2) is 6.61 Å². The molecule has 1 aromatic heterocycles. The third kappa shape index (κ3) is 4.99. The van der Waals surface area contributed by atoms with E-state index in [0.29, 0.717) is 16.3 Å². The number of halogens is 1. The lowest BCUT2D eigenvalue weighted by atomic mass is 10.0. The molecule has 1 heterocycles. The van der Waals surface area contributed by atoms with E-state index >= 15 is 0 Å². The minimum absolute atomic E-state index is 0.169. The first-order valence-electron chi connectivity index (χ1n) is 8.60. The van der Waals surface area contributed by atoms with E-state index in [0.717, 1.165) is 15.6 Å². The third-order valence-corrected chi connectivity index (χ3v) is 5.16. The van der Waals surface area contributed by atoms with Gasteiger partial charge in [-0.15, -0.1) is 11.3 Å². The monoisotopic (exact) mass is 459 g/mol. The number of ether oxygens (including phenoxy) is 2. The van der Waals surface area contributed by atoms with Crippen LogP contribution in [-0.2, 0) is 9.53 Å². The first-order chi connectivity index (χ1) is 13.6. The quantitative estimate of drug-likeness (QED) is 0.482. The van der Waals surface area contributed by atoms with Crippen molar-refractivity contribution in [2.45, 2.75) is 6.92 Å². The van der Waals surface area contributed by atoms with Gasteiger partial charge < -0.3 is 14.8 Å². The van der Waals surface area contributed by atoms with Crippen LogP contribution in [0.15, 0.2) is 64.5 Å². The SMILES string of the molecule is CCOC(=O)c1c(-c2ccccc2)csc1NC(=O)COc1cccc(Br)c1.